The van der Waals surface area contributed by atoms with Crippen LogP contribution >= 0.6 is 39.0 Å². The zero-order valence-corrected chi connectivity index (χ0v) is 14.7. The van der Waals surface area contributed by atoms with Crippen molar-refractivity contribution >= 4 is 50.1 Å². The molecule has 0 unspecified atom stereocenters. The van der Waals surface area contributed by atoms with Crippen LogP contribution in [0.5, 0.6) is 0 Å². The molecule has 1 aromatic heterocycles. The normalized spacial score (nSPS) is 14.6. The van der Waals surface area contributed by atoms with Crippen LogP contribution in [-0.2, 0) is 10.5 Å². The maximum absolute atomic E-state index is 13.7. The SMILES string of the molecule is O=C(Nc1nnc(SCc2ccc(Br)cc2F)s1)C1CCC1. The molecule has 0 aliphatic heterocycles. The maximum atomic E-state index is 13.7. The van der Waals surface area contributed by atoms with E-state index in [0.29, 0.717) is 20.8 Å². The van der Waals surface area contributed by atoms with Gasteiger partial charge in [-0.1, -0.05) is 51.5 Å². The Kier molecular flexibility index (Phi) is 5.10. The molecule has 1 heterocycles. The van der Waals surface area contributed by atoms with Gasteiger partial charge in [0.05, 0.1) is 0 Å². The minimum Gasteiger partial charge on any atom is -0.300 e. The Morgan fingerprint density at radius 2 is 2.27 bits per heavy atom. The van der Waals surface area contributed by atoms with Gasteiger partial charge in [-0.3, -0.25) is 4.79 Å². The van der Waals surface area contributed by atoms with Gasteiger partial charge in [0, 0.05) is 16.1 Å². The standard InChI is InChI=1S/C14H13BrFN3OS2/c15-10-5-4-9(11(16)6-10)7-21-14-19-18-13(22-14)17-12(20)8-2-1-3-8/h4-6,8H,1-3,7H2,(H,17,18,20). The predicted octanol–water partition coefficient (Wildman–Crippen LogP) is 4.47. The molecular formula is C14H13BrFN3OS2. The highest BCUT2D eigenvalue weighted by Crippen LogP contribution is 2.31. The lowest BCUT2D eigenvalue weighted by Crippen LogP contribution is -2.27. The van der Waals surface area contributed by atoms with Gasteiger partial charge in [-0.15, -0.1) is 10.2 Å². The Bertz CT molecular complexity index is 690. The van der Waals surface area contributed by atoms with E-state index >= 15 is 0 Å². The van der Waals surface area contributed by atoms with Crippen molar-refractivity contribution < 1.29 is 9.18 Å². The Morgan fingerprint density at radius 1 is 1.45 bits per heavy atom. The van der Waals surface area contributed by atoms with E-state index < -0.39 is 0 Å². The van der Waals surface area contributed by atoms with Gasteiger partial charge in [-0.25, -0.2) is 4.39 Å². The molecule has 1 aromatic carbocycles. The summed E-state index contributed by atoms with van der Waals surface area (Å²) in [4.78, 5) is 11.8. The van der Waals surface area contributed by atoms with E-state index in [4.69, 9.17) is 0 Å². The largest absolute Gasteiger partial charge is 0.300 e. The summed E-state index contributed by atoms with van der Waals surface area (Å²) in [5, 5.41) is 11.3. The second-order valence-corrected chi connectivity index (χ2v) is 8.13. The molecule has 1 fully saturated rings. The molecule has 1 N–H and O–H groups in total. The number of carbonyl (C=O) groups is 1. The van der Waals surface area contributed by atoms with Gasteiger partial charge < -0.3 is 5.32 Å². The lowest BCUT2D eigenvalue weighted by Gasteiger charge is -2.23. The number of amides is 1. The van der Waals surface area contributed by atoms with Crippen molar-refractivity contribution in [3.63, 3.8) is 0 Å². The van der Waals surface area contributed by atoms with Gasteiger partial charge in [0.25, 0.3) is 0 Å². The molecule has 1 saturated carbocycles. The third-order valence-corrected chi connectivity index (χ3v) is 5.99. The fraction of sp³-hybridized carbons (Fsp3) is 0.357. The van der Waals surface area contributed by atoms with Gasteiger partial charge in [-0.2, -0.15) is 0 Å². The van der Waals surface area contributed by atoms with Crippen molar-refractivity contribution in [2.45, 2.75) is 29.4 Å². The Labute approximate surface area is 144 Å². The van der Waals surface area contributed by atoms with Crippen LogP contribution in [0, 0.1) is 11.7 Å². The van der Waals surface area contributed by atoms with Crippen LogP contribution in [0.15, 0.2) is 27.0 Å². The molecule has 3 rings (SSSR count). The van der Waals surface area contributed by atoms with Gasteiger partial charge in [-0.05, 0) is 30.5 Å². The van der Waals surface area contributed by atoms with Gasteiger partial charge in [0.2, 0.25) is 11.0 Å². The van der Waals surface area contributed by atoms with Crippen LogP contribution in [0.3, 0.4) is 0 Å². The lowest BCUT2D eigenvalue weighted by atomic mass is 9.85. The van der Waals surface area contributed by atoms with Crippen molar-refractivity contribution in [2.24, 2.45) is 5.92 Å². The van der Waals surface area contributed by atoms with Crippen LogP contribution in [0.2, 0.25) is 0 Å². The van der Waals surface area contributed by atoms with Crippen molar-refractivity contribution in [2.75, 3.05) is 5.32 Å². The average Bonchev–Trinajstić information content (AvgIpc) is 2.83. The maximum Gasteiger partial charge on any atom is 0.229 e. The number of anilines is 1. The number of aromatic nitrogens is 2. The van der Waals surface area contributed by atoms with E-state index in [9.17, 15) is 9.18 Å². The second kappa shape index (κ2) is 7.06. The van der Waals surface area contributed by atoms with Crippen LogP contribution in [0.1, 0.15) is 24.8 Å². The number of rotatable bonds is 5. The van der Waals surface area contributed by atoms with Crippen LogP contribution in [0.25, 0.3) is 0 Å². The summed E-state index contributed by atoms with van der Waals surface area (Å²) in [5.41, 5.74) is 0.614. The fourth-order valence-corrected chi connectivity index (χ4v) is 4.05. The molecular weight excluding hydrogens is 389 g/mol. The van der Waals surface area contributed by atoms with E-state index in [2.05, 4.69) is 31.4 Å². The molecule has 0 atom stereocenters. The highest BCUT2D eigenvalue weighted by atomic mass is 79.9. The molecule has 4 nitrogen and oxygen atoms in total. The number of carbonyl (C=O) groups excluding carboxylic acids is 1. The topological polar surface area (TPSA) is 54.9 Å². The van der Waals surface area contributed by atoms with Crippen molar-refractivity contribution in [3.05, 3.63) is 34.1 Å². The van der Waals surface area contributed by atoms with Gasteiger partial charge in [0.1, 0.15) is 5.82 Å². The predicted molar refractivity (Wildman–Crippen MR) is 89.5 cm³/mol. The van der Waals surface area contributed by atoms with Crippen molar-refractivity contribution in [1.82, 2.24) is 10.2 Å². The lowest BCUT2D eigenvalue weighted by molar-refractivity contribution is -0.122. The molecule has 0 bridgehead atoms. The van der Waals surface area contributed by atoms with E-state index in [1.165, 1.54) is 29.2 Å². The molecule has 0 saturated heterocycles. The second-order valence-electron chi connectivity index (χ2n) is 5.01. The zero-order chi connectivity index (χ0) is 15.5. The third-order valence-electron chi connectivity index (χ3n) is 3.48. The smallest absolute Gasteiger partial charge is 0.229 e. The zero-order valence-electron chi connectivity index (χ0n) is 11.5. The monoisotopic (exact) mass is 401 g/mol. The van der Waals surface area contributed by atoms with Crippen molar-refractivity contribution in [3.8, 4) is 0 Å². The summed E-state index contributed by atoms with van der Waals surface area (Å²) in [6, 6.07) is 5.00. The number of nitrogens with one attached hydrogen (secondary N) is 1. The Balaban J connectivity index is 1.56. The minimum absolute atomic E-state index is 0.0258. The third kappa shape index (κ3) is 3.85. The molecule has 116 valence electrons. The molecule has 1 aliphatic rings. The molecule has 1 amide bonds. The molecule has 1 aliphatic carbocycles. The summed E-state index contributed by atoms with van der Waals surface area (Å²) in [6.07, 6.45) is 3.03. The molecule has 22 heavy (non-hydrogen) atoms. The minimum atomic E-state index is -0.245. The summed E-state index contributed by atoms with van der Waals surface area (Å²) >= 11 is 5.96. The Morgan fingerprint density at radius 3 is 2.95 bits per heavy atom. The number of hydrogen-bond acceptors (Lipinski definition) is 5. The first-order chi connectivity index (χ1) is 10.6. The van der Waals surface area contributed by atoms with E-state index in [0.717, 1.165) is 23.7 Å². The first kappa shape index (κ1) is 15.9. The first-order valence-corrected chi connectivity index (χ1v) is 9.42. The summed E-state index contributed by atoms with van der Waals surface area (Å²) in [7, 11) is 0. The quantitative estimate of drug-likeness (QED) is 0.592. The van der Waals surface area contributed by atoms with Gasteiger partial charge in [0.15, 0.2) is 4.34 Å². The number of hydrogen-bond donors (Lipinski definition) is 1. The first-order valence-electron chi connectivity index (χ1n) is 6.83. The van der Waals surface area contributed by atoms with E-state index in [1.54, 1.807) is 6.07 Å². The number of thioether (sulfide) groups is 1. The van der Waals surface area contributed by atoms with Crippen molar-refractivity contribution in [1.29, 1.82) is 0 Å². The fourth-order valence-electron chi connectivity index (χ4n) is 1.97. The molecule has 8 heteroatoms. The molecule has 0 spiro atoms. The number of halogens is 2. The molecule has 2 aromatic rings. The molecule has 0 radical (unpaired) electrons. The van der Waals surface area contributed by atoms with Crippen LogP contribution < -0.4 is 5.32 Å². The van der Waals surface area contributed by atoms with Gasteiger partial charge >= 0.3 is 0 Å². The summed E-state index contributed by atoms with van der Waals surface area (Å²) in [5.74, 6) is 0.379. The highest BCUT2D eigenvalue weighted by molar-refractivity contribution is 9.10. The Hall–Kier alpha value is -0.990. The average molecular weight is 402 g/mol. The summed E-state index contributed by atoms with van der Waals surface area (Å²) < 4.78 is 15.2. The van der Waals surface area contributed by atoms with E-state index in [1.807, 2.05) is 6.07 Å². The number of nitrogens with zero attached hydrogens (tertiary/aromatic N) is 2. The highest BCUT2D eigenvalue weighted by Gasteiger charge is 2.25. The van der Waals surface area contributed by atoms with Crippen LogP contribution in [0.4, 0.5) is 9.52 Å². The van der Waals surface area contributed by atoms with E-state index in [-0.39, 0.29) is 17.6 Å². The van der Waals surface area contributed by atoms with Crippen LogP contribution in [-0.4, -0.2) is 16.1 Å². The summed E-state index contributed by atoms with van der Waals surface area (Å²) in [6.45, 7) is 0. The number of benzene rings is 1.